The highest BCUT2D eigenvalue weighted by Crippen LogP contribution is 2.62. The smallest absolute Gasteiger partial charge is 0.338 e. The van der Waals surface area contributed by atoms with E-state index in [0.717, 1.165) is 70.1 Å². The van der Waals surface area contributed by atoms with Gasteiger partial charge in [0.15, 0.2) is 0 Å². The van der Waals surface area contributed by atoms with Crippen molar-refractivity contribution in [3.63, 3.8) is 0 Å². The lowest BCUT2D eigenvalue weighted by Gasteiger charge is -2.57. The van der Waals surface area contributed by atoms with Crippen molar-refractivity contribution in [2.75, 3.05) is 13.2 Å². The molecule has 0 heterocycles. The Morgan fingerprint density at radius 1 is 0.681 bits per heavy atom. The monoisotopic (exact) mass is 989 g/mol. The number of hydrogen-bond donors (Lipinski definition) is 0. The van der Waals surface area contributed by atoms with Crippen molar-refractivity contribution < 1.29 is 23.0 Å². The van der Waals surface area contributed by atoms with Gasteiger partial charge in [0.25, 0.3) is 0 Å². The van der Waals surface area contributed by atoms with Crippen LogP contribution < -0.4 is 4.74 Å². The van der Waals surface area contributed by atoms with E-state index < -0.39 is 0 Å². The van der Waals surface area contributed by atoms with Crippen LogP contribution in [-0.2, 0) is 11.2 Å². The molecule has 0 aliphatic heterocycles. The number of ether oxygens (including phenoxy) is 2. The number of nitriles is 2. The van der Waals surface area contributed by atoms with Gasteiger partial charge in [0, 0.05) is 6.07 Å². The summed E-state index contributed by atoms with van der Waals surface area (Å²) in [6.45, 7) is 28.7. The molecule has 0 atom stereocenters. The molecule has 396 valence electrons. The number of esters is 1. The first-order chi connectivity index (χ1) is 33.7. The summed E-state index contributed by atoms with van der Waals surface area (Å²) in [5.41, 5.74) is 7.52. The van der Waals surface area contributed by atoms with Gasteiger partial charge in [0.2, 0.25) is 0 Å². The summed E-state index contributed by atoms with van der Waals surface area (Å²) in [4.78, 5) is 11.3. The van der Waals surface area contributed by atoms with Crippen LogP contribution in [0.25, 0.3) is 0 Å². The second-order valence-electron chi connectivity index (χ2n) is 22.7. The molecule has 0 aromatic heterocycles. The second-order valence-corrected chi connectivity index (χ2v) is 22.7. The lowest BCUT2D eigenvalue weighted by atomic mass is 9.48. The van der Waals surface area contributed by atoms with Crippen LogP contribution in [0.3, 0.4) is 0 Å². The SMILES string of the molecule is C.CC(C)CC12CC3CC(CC(C3)C1)C2.CC(C)c1ccc(C#N)c(C#N)c1.CCOC(=O)c1ccc(C(C)C)cc1.Cc1cc(F)cc(OCCCCCCC(C)C)c1.Cc1cccc(F)c1CC(C)C. The van der Waals surface area contributed by atoms with Crippen LogP contribution >= 0.6 is 0 Å². The summed E-state index contributed by atoms with van der Waals surface area (Å²) in [6, 6.07) is 27.0. The third-order valence-corrected chi connectivity index (χ3v) is 14.0. The summed E-state index contributed by atoms with van der Waals surface area (Å²) in [6.07, 6.45) is 18.0. The molecule has 8 rings (SSSR count). The fourth-order valence-corrected chi connectivity index (χ4v) is 11.1. The van der Waals surface area contributed by atoms with E-state index in [1.807, 2.05) is 68.5 Å². The molecule has 4 saturated carbocycles. The Labute approximate surface area is 437 Å². The van der Waals surface area contributed by atoms with Crippen molar-refractivity contribution in [1.29, 1.82) is 10.5 Å². The van der Waals surface area contributed by atoms with Crippen molar-refractivity contribution in [1.82, 2.24) is 0 Å². The summed E-state index contributed by atoms with van der Waals surface area (Å²) in [5, 5.41) is 17.4. The maximum absolute atomic E-state index is 13.2. The predicted octanol–water partition coefficient (Wildman–Crippen LogP) is 18.9. The summed E-state index contributed by atoms with van der Waals surface area (Å²) in [7, 11) is 0. The molecule has 0 N–H and O–H groups in total. The lowest BCUT2D eigenvalue weighted by Crippen LogP contribution is -2.46. The number of hydrogen-bond acceptors (Lipinski definition) is 5. The van der Waals surface area contributed by atoms with E-state index in [1.54, 1.807) is 63.6 Å². The lowest BCUT2D eigenvalue weighted by molar-refractivity contribution is -0.0632. The molecule has 4 aromatic rings. The number of unbranched alkanes of at least 4 members (excludes halogenated alkanes) is 3. The molecule has 0 amide bonds. The van der Waals surface area contributed by atoms with Crippen LogP contribution in [0.5, 0.6) is 5.75 Å². The zero-order chi connectivity index (χ0) is 52.7. The van der Waals surface area contributed by atoms with Crippen LogP contribution in [0.1, 0.15) is 222 Å². The molecule has 7 heteroatoms. The Hall–Kier alpha value is -5.01. The fourth-order valence-electron chi connectivity index (χ4n) is 11.1. The third-order valence-electron chi connectivity index (χ3n) is 14.0. The standard InChI is InChI=1S/C16H25FO.C14H24.C12H16O2.C11H15F.C11H10N2.CH4/c1-13(2)8-6-4-5-7-9-18-16-11-14(3)10-15(17)12-16;1-10(2)6-14-7-11-3-12(8-14)5-13(4-11)9-14;1-4-14-12(13)11-7-5-10(6-8-11)9(2)3;1-8(2)7-10-9(3)5-4-6-11(10)12;1-8(2)9-3-4-10(6-12)11(5-9)7-13;/h10-13H,4-9H2,1-3H3;10-13H,3-9H2,1-2H3;5-9H,4H2,1-3H3;4-6,8H,7H2,1-3H3;3-5,8H,1-2H3;1H4. The number of halogens is 2. The van der Waals surface area contributed by atoms with Gasteiger partial charge in [-0.3, -0.25) is 0 Å². The van der Waals surface area contributed by atoms with Gasteiger partial charge in [-0.15, -0.1) is 0 Å². The van der Waals surface area contributed by atoms with E-state index in [9.17, 15) is 13.6 Å². The maximum atomic E-state index is 13.2. The van der Waals surface area contributed by atoms with Gasteiger partial charge in [0.1, 0.15) is 29.5 Å². The quantitative estimate of drug-likeness (QED) is 0.0825. The van der Waals surface area contributed by atoms with Crippen LogP contribution in [0.2, 0.25) is 0 Å². The zero-order valence-corrected chi connectivity index (χ0v) is 46.1. The Kier molecular flexibility index (Phi) is 28.3. The number of aryl methyl sites for hydroxylation is 2. The van der Waals surface area contributed by atoms with E-state index in [-0.39, 0.29) is 25.0 Å². The predicted molar refractivity (Wildman–Crippen MR) is 297 cm³/mol. The summed E-state index contributed by atoms with van der Waals surface area (Å²) in [5.74, 6) is 6.65. The number of carbonyl (C=O) groups excluding carboxylic acids is 1. The van der Waals surface area contributed by atoms with Crippen molar-refractivity contribution in [3.05, 3.63) is 135 Å². The van der Waals surface area contributed by atoms with Crippen LogP contribution in [0.4, 0.5) is 8.78 Å². The first kappa shape index (κ1) is 63.1. The maximum Gasteiger partial charge on any atom is 0.338 e. The fraction of sp³-hybridized carbons (Fsp3) is 0.585. The molecule has 0 unspecified atom stereocenters. The first-order valence-electron chi connectivity index (χ1n) is 27.0. The van der Waals surface area contributed by atoms with Gasteiger partial charge >= 0.3 is 5.97 Å². The number of carbonyl (C=O) groups is 1. The largest absolute Gasteiger partial charge is 0.493 e. The highest BCUT2D eigenvalue weighted by molar-refractivity contribution is 5.89. The van der Waals surface area contributed by atoms with E-state index in [4.69, 9.17) is 20.0 Å². The third kappa shape index (κ3) is 22.4. The van der Waals surface area contributed by atoms with Crippen LogP contribution in [-0.4, -0.2) is 19.2 Å². The molecule has 4 aromatic carbocycles. The van der Waals surface area contributed by atoms with Crippen molar-refractivity contribution in [2.45, 2.75) is 193 Å². The van der Waals surface area contributed by atoms with Gasteiger partial charge in [-0.2, -0.15) is 10.5 Å². The Morgan fingerprint density at radius 3 is 1.74 bits per heavy atom. The van der Waals surface area contributed by atoms with Gasteiger partial charge in [-0.05, 0) is 202 Å². The van der Waals surface area contributed by atoms with Gasteiger partial charge in [-0.25, -0.2) is 13.6 Å². The molecule has 0 radical (unpaired) electrons. The molecule has 4 aliphatic rings. The minimum atomic E-state index is -0.247. The molecule has 0 saturated heterocycles. The highest BCUT2D eigenvalue weighted by atomic mass is 19.1. The molecule has 4 aliphatic carbocycles. The molecule has 0 spiro atoms. The minimum Gasteiger partial charge on any atom is -0.493 e. The van der Waals surface area contributed by atoms with E-state index in [0.29, 0.717) is 53.4 Å². The molecule has 5 nitrogen and oxygen atoms in total. The zero-order valence-electron chi connectivity index (χ0n) is 46.1. The van der Waals surface area contributed by atoms with E-state index in [1.165, 1.54) is 55.9 Å². The second kappa shape index (κ2) is 32.2. The summed E-state index contributed by atoms with van der Waals surface area (Å²) < 4.78 is 36.8. The average molecular weight is 989 g/mol. The van der Waals surface area contributed by atoms with Crippen LogP contribution in [0, 0.1) is 89.1 Å². The molecular formula is C65H94F2N2O3. The topological polar surface area (TPSA) is 83.1 Å². The molecule has 4 bridgehead atoms. The van der Waals surface area contributed by atoms with E-state index >= 15 is 0 Å². The Balaban J connectivity index is 0.000000309. The highest BCUT2D eigenvalue weighted by Gasteiger charge is 2.50. The van der Waals surface area contributed by atoms with Gasteiger partial charge < -0.3 is 9.47 Å². The van der Waals surface area contributed by atoms with Gasteiger partial charge in [-0.1, -0.05) is 133 Å². The summed E-state index contributed by atoms with van der Waals surface area (Å²) >= 11 is 0. The number of nitrogens with zero attached hydrogens (tertiary/aromatic N) is 2. The Morgan fingerprint density at radius 2 is 1.25 bits per heavy atom. The normalized spacial score (nSPS) is 18.0. The minimum absolute atomic E-state index is 0. The molecular weight excluding hydrogens is 895 g/mol. The average Bonchev–Trinajstić information content (AvgIpc) is 3.29. The molecule has 4 fully saturated rings. The molecule has 72 heavy (non-hydrogen) atoms. The van der Waals surface area contributed by atoms with Gasteiger partial charge in [0.05, 0.1) is 29.9 Å². The van der Waals surface area contributed by atoms with Crippen molar-refractivity contribution in [2.24, 2.45) is 40.9 Å². The van der Waals surface area contributed by atoms with Crippen molar-refractivity contribution in [3.8, 4) is 17.9 Å². The van der Waals surface area contributed by atoms with E-state index in [2.05, 4.69) is 69.2 Å². The number of benzene rings is 4. The number of rotatable bonds is 16. The first-order valence-corrected chi connectivity index (χ1v) is 27.0. The van der Waals surface area contributed by atoms with Crippen LogP contribution in [0.15, 0.2) is 78.9 Å². The Bertz CT molecular complexity index is 2200. The van der Waals surface area contributed by atoms with Crippen molar-refractivity contribution >= 4 is 5.97 Å².